The second-order valence-corrected chi connectivity index (χ2v) is 6.52. The summed E-state index contributed by atoms with van der Waals surface area (Å²) in [5, 5.41) is 4.18. The standard InChI is InChI=1S/C18H19Cl2N3O/c19-14-6-7-17(16(20)12-14)21-13-18(24)23-10-8-22(9-11-23)15-4-2-1-3-5-15/h1-7,12,21H,8-11,13H2. The first-order valence-electron chi connectivity index (χ1n) is 7.90. The molecule has 1 fully saturated rings. The average molecular weight is 364 g/mol. The predicted molar refractivity (Wildman–Crippen MR) is 100 cm³/mol. The maximum absolute atomic E-state index is 12.4. The van der Waals surface area contributed by atoms with Gasteiger partial charge in [0.2, 0.25) is 5.91 Å². The van der Waals surface area contributed by atoms with Crippen molar-refractivity contribution >= 4 is 40.5 Å². The van der Waals surface area contributed by atoms with Crippen molar-refractivity contribution in [1.82, 2.24) is 4.90 Å². The van der Waals surface area contributed by atoms with Crippen LogP contribution in [0, 0.1) is 0 Å². The molecule has 2 aromatic rings. The van der Waals surface area contributed by atoms with Crippen molar-refractivity contribution in [3.8, 4) is 0 Å². The number of amides is 1. The van der Waals surface area contributed by atoms with Gasteiger partial charge in [-0.05, 0) is 30.3 Å². The largest absolute Gasteiger partial charge is 0.375 e. The van der Waals surface area contributed by atoms with Gasteiger partial charge >= 0.3 is 0 Å². The van der Waals surface area contributed by atoms with Crippen LogP contribution in [-0.2, 0) is 4.79 Å². The minimum Gasteiger partial charge on any atom is -0.375 e. The highest BCUT2D eigenvalue weighted by Crippen LogP contribution is 2.25. The van der Waals surface area contributed by atoms with Crippen molar-refractivity contribution in [3.05, 3.63) is 58.6 Å². The number of carbonyl (C=O) groups excluding carboxylic acids is 1. The Labute approximate surface area is 152 Å². The van der Waals surface area contributed by atoms with Crippen LogP contribution in [0.25, 0.3) is 0 Å². The fourth-order valence-electron chi connectivity index (χ4n) is 2.77. The summed E-state index contributed by atoms with van der Waals surface area (Å²) >= 11 is 12.0. The van der Waals surface area contributed by atoms with Crippen LogP contribution in [0.4, 0.5) is 11.4 Å². The van der Waals surface area contributed by atoms with Crippen LogP contribution >= 0.6 is 23.2 Å². The summed E-state index contributed by atoms with van der Waals surface area (Å²) in [7, 11) is 0. The fourth-order valence-corrected chi connectivity index (χ4v) is 3.24. The van der Waals surface area contributed by atoms with Gasteiger partial charge in [-0.1, -0.05) is 41.4 Å². The van der Waals surface area contributed by atoms with Crippen molar-refractivity contribution in [1.29, 1.82) is 0 Å². The maximum atomic E-state index is 12.4. The number of para-hydroxylation sites is 1. The molecule has 0 radical (unpaired) electrons. The first kappa shape index (κ1) is 16.9. The van der Waals surface area contributed by atoms with Gasteiger partial charge in [0.1, 0.15) is 0 Å². The highest BCUT2D eigenvalue weighted by molar-refractivity contribution is 6.36. The van der Waals surface area contributed by atoms with Crippen LogP contribution in [0.1, 0.15) is 0 Å². The summed E-state index contributed by atoms with van der Waals surface area (Å²) in [4.78, 5) is 16.6. The zero-order chi connectivity index (χ0) is 16.9. The number of nitrogens with zero attached hydrogens (tertiary/aromatic N) is 2. The predicted octanol–water partition coefficient (Wildman–Crippen LogP) is 3.75. The number of carbonyl (C=O) groups is 1. The van der Waals surface area contributed by atoms with E-state index in [2.05, 4.69) is 22.3 Å². The molecule has 1 aliphatic heterocycles. The van der Waals surface area contributed by atoms with E-state index in [0.29, 0.717) is 10.0 Å². The monoisotopic (exact) mass is 363 g/mol. The van der Waals surface area contributed by atoms with Crippen LogP contribution in [0.5, 0.6) is 0 Å². The van der Waals surface area contributed by atoms with Gasteiger partial charge in [0.15, 0.2) is 0 Å². The van der Waals surface area contributed by atoms with Gasteiger partial charge in [0, 0.05) is 36.9 Å². The topological polar surface area (TPSA) is 35.6 Å². The van der Waals surface area contributed by atoms with Gasteiger partial charge in [-0.2, -0.15) is 0 Å². The molecule has 6 heteroatoms. The summed E-state index contributed by atoms with van der Waals surface area (Å²) < 4.78 is 0. The molecule has 1 aliphatic rings. The molecule has 24 heavy (non-hydrogen) atoms. The van der Waals surface area contributed by atoms with E-state index in [1.165, 1.54) is 5.69 Å². The highest BCUT2D eigenvalue weighted by atomic mass is 35.5. The molecule has 0 aliphatic carbocycles. The molecule has 1 amide bonds. The van der Waals surface area contributed by atoms with Crippen LogP contribution < -0.4 is 10.2 Å². The van der Waals surface area contributed by atoms with Crippen molar-refractivity contribution in [2.24, 2.45) is 0 Å². The third-order valence-corrected chi connectivity index (χ3v) is 4.66. The molecular weight excluding hydrogens is 345 g/mol. The van der Waals surface area contributed by atoms with Crippen LogP contribution in [0.15, 0.2) is 48.5 Å². The number of benzene rings is 2. The smallest absolute Gasteiger partial charge is 0.241 e. The van der Waals surface area contributed by atoms with E-state index in [1.54, 1.807) is 18.2 Å². The lowest BCUT2D eigenvalue weighted by Crippen LogP contribution is -2.50. The second-order valence-electron chi connectivity index (χ2n) is 5.68. The zero-order valence-electron chi connectivity index (χ0n) is 13.2. The van der Waals surface area contributed by atoms with E-state index in [9.17, 15) is 4.79 Å². The quantitative estimate of drug-likeness (QED) is 0.898. The lowest BCUT2D eigenvalue weighted by molar-refractivity contribution is -0.129. The molecule has 1 heterocycles. The Morgan fingerprint density at radius 3 is 2.38 bits per heavy atom. The molecule has 2 aromatic carbocycles. The molecule has 0 bridgehead atoms. The van der Waals surface area contributed by atoms with E-state index in [-0.39, 0.29) is 12.5 Å². The van der Waals surface area contributed by atoms with Crippen LogP contribution in [-0.4, -0.2) is 43.5 Å². The molecule has 0 unspecified atom stereocenters. The molecule has 0 spiro atoms. The number of rotatable bonds is 4. The number of hydrogen-bond donors (Lipinski definition) is 1. The van der Waals surface area contributed by atoms with Crippen LogP contribution in [0.2, 0.25) is 10.0 Å². The molecular formula is C18H19Cl2N3O. The zero-order valence-corrected chi connectivity index (χ0v) is 14.7. The normalized spacial score (nSPS) is 14.6. The van der Waals surface area contributed by atoms with Gasteiger partial charge < -0.3 is 15.1 Å². The van der Waals surface area contributed by atoms with Gasteiger partial charge in [-0.25, -0.2) is 0 Å². The minimum absolute atomic E-state index is 0.0775. The summed E-state index contributed by atoms with van der Waals surface area (Å²) in [6.07, 6.45) is 0. The maximum Gasteiger partial charge on any atom is 0.241 e. The molecule has 1 saturated heterocycles. The summed E-state index contributed by atoms with van der Waals surface area (Å²) in [5.41, 5.74) is 1.92. The Morgan fingerprint density at radius 1 is 1.00 bits per heavy atom. The number of halogens is 2. The third kappa shape index (κ3) is 4.13. The molecule has 1 N–H and O–H groups in total. The highest BCUT2D eigenvalue weighted by Gasteiger charge is 2.21. The average Bonchev–Trinajstić information content (AvgIpc) is 2.62. The Bertz CT molecular complexity index is 701. The second kappa shape index (κ2) is 7.77. The van der Waals surface area contributed by atoms with Gasteiger partial charge in [-0.15, -0.1) is 0 Å². The minimum atomic E-state index is 0.0775. The summed E-state index contributed by atoms with van der Waals surface area (Å²) in [6, 6.07) is 15.5. The molecule has 4 nitrogen and oxygen atoms in total. The van der Waals surface area contributed by atoms with Crippen molar-refractivity contribution in [2.45, 2.75) is 0 Å². The summed E-state index contributed by atoms with van der Waals surface area (Å²) in [5.74, 6) is 0.0775. The first-order chi connectivity index (χ1) is 11.6. The van der Waals surface area contributed by atoms with Gasteiger partial charge in [-0.3, -0.25) is 4.79 Å². The van der Waals surface area contributed by atoms with Crippen molar-refractivity contribution < 1.29 is 4.79 Å². The van der Waals surface area contributed by atoms with E-state index >= 15 is 0 Å². The van der Waals surface area contributed by atoms with E-state index in [0.717, 1.165) is 31.9 Å². The molecule has 126 valence electrons. The van der Waals surface area contributed by atoms with E-state index in [1.807, 2.05) is 23.1 Å². The molecule has 0 atom stereocenters. The van der Waals surface area contributed by atoms with Crippen molar-refractivity contribution in [3.63, 3.8) is 0 Å². The summed E-state index contributed by atoms with van der Waals surface area (Å²) in [6.45, 7) is 3.37. The number of hydrogen-bond acceptors (Lipinski definition) is 3. The van der Waals surface area contributed by atoms with Crippen LogP contribution in [0.3, 0.4) is 0 Å². The fraction of sp³-hybridized carbons (Fsp3) is 0.278. The lowest BCUT2D eigenvalue weighted by Gasteiger charge is -2.36. The molecule has 0 saturated carbocycles. The van der Waals surface area contributed by atoms with Crippen molar-refractivity contribution in [2.75, 3.05) is 42.9 Å². The number of piperazine rings is 1. The van der Waals surface area contributed by atoms with E-state index in [4.69, 9.17) is 23.2 Å². The molecule has 3 rings (SSSR count). The van der Waals surface area contributed by atoms with E-state index < -0.39 is 0 Å². The van der Waals surface area contributed by atoms with Gasteiger partial charge in [0.05, 0.1) is 17.3 Å². The SMILES string of the molecule is O=C(CNc1ccc(Cl)cc1Cl)N1CCN(c2ccccc2)CC1. The Kier molecular flexibility index (Phi) is 5.48. The number of nitrogens with one attached hydrogen (secondary N) is 1. The molecule has 0 aromatic heterocycles. The number of anilines is 2. The Morgan fingerprint density at radius 2 is 1.71 bits per heavy atom. The Hall–Kier alpha value is -1.91. The van der Waals surface area contributed by atoms with Gasteiger partial charge in [0.25, 0.3) is 0 Å². The third-order valence-electron chi connectivity index (χ3n) is 4.11. The Balaban J connectivity index is 1.50. The first-order valence-corrected chi connectivity index (χ1v) is 8.66. The lowest BCUT2D eigenvalue weighted by atomic mass is 10.2.